The zero-order valence-corrected chi connectivity index (χ0v) is 11.9. The Bertz CT molecular complexity index is 220. The lowest BCUT2D eigenvalue weighted by molar-refractivity contribution is 0.0462. The van der Waals surface area contributed by atoms with Gasteiger partial charge in [-0.1, -0.05) is 27.7 Å². The van der Waals surface area contributed by atoms with Crippen molar-refractivity contribution >= 4 is 0 Å². The fraction of sp³-hybridized carbons (Fsp3) is 1.00. The van der Waals surface area contributed by atoms with E-state index in [9.17, 15) is 5.11 Å². The minimum atomic E-state index is 0.0978. The number of hydrogen-bond acceptors (Lipinski definition) is 3. The predicted molar refractivity (Wildman–Crippen MR) is 72.8 cm³/mol. The van der Waals surface area contributed by atoms with Crippen molar-refractivity contribution in [3.05, 3.63) is 0 Å². The van der Waals surface area contributed by atoms with Gasteiger partial charge >= 0.3 is 0 Å². The van der Waals surface area contributed by atoms with E-state index in [2.05, 4.69) is 32.6 Å². The first-order valence-electron chi connectivity index (χ1n) is 7.06. The van der Waals surface area contributed by atoms with Crippen molar-refractivity contribution in [1.82, 2.24) is 4.90 Å². The summed E-state index contributed by atoms with van der Waals surface area (Å²) in [6, 6.07) is 0.243. The van der Waals surface area contributed by atoms with Gasteiger partial charge in [0.15, 0.2) is 0 Å². The van der Waals surface area contributed by atoms with Crippen molar-refractivity contribution in [2.45, 2.75) is 52.6 Å². The zero-order valence-electron chi connectivity index (χ0n) is 11.9. The summed E-state index contributed by atoms with van der Waals surface area (Å²) in [5.41, 5.74) is 6.24. The lowest BCUT2D eigenvalue weighted by atomic mass is 9.86. The van der Waals surface area contributed by atoms with Crippen LogP contribution >= 0.6 is 0 Å². The van der Waals surface area contributed by atoms with Crippen LogP contribution in [0.15, 0.2) is 0 Å². The third-order valence-corrected chi connectivity index (χ3v) is 4.26. The van der Waals surface area contributed by atoms with Crippen LogP contribution in [0.2, 0.25) is 0 Å². The molecule has 1 aliphatic rings. The molecule has 4 atom stereocenters. The summed E-state index contributed by atoms with van der Waals surface area (Å²) < 4.78 is 0. The Morgan fingerprint density at radius 1 is 1.29 bits per heavy atom. The van der Waals surface area contributed by atoms with Crippen LogP contribution in [0.1, 0.15) is 40.5 Å². The number of aliphatic hydroxyl groups excluding tert-OH is 1. The van der Waals surface area contributed by atoms with Crippen LogP contribution in [0.25, 0.3) is 0 Å². The molecule has 0 aromatic carbocycles. The molecule has 1 aliphatic heterocycles. The molecule has 1 heterocycles. The normalized spacial score (nSPS) is 30.5. The highest BCUT2D eigenvalue weighted by Gasteiger charge is 2.30. The number of hydrogen-bond donors (Lipinski definition) is 2. The Hall–Kier alpha value is -0.120. The van der Waals surface area contributed by atoms with Crippen LogP contribution in [-0.2, 0) is 0 Å². The molecule has 0 amide bonds. The van der Waals surface area contributed by atoms with Crippen molar-refractivity contribution in [2.75, 3.05) is 19.7 Å². The van der Waals surface area contributed by atoms with Gasteiger partial charge in [-0.2, -0.15) is 0 Å². The number of piperidine rings is 1. The SMILES string of the molecule is CC(C)CC(N)C(CO)N1CCC(C)C(C)C1. The second-order valence-corrected chi connectivity index (χ2v) is 6.28. The molecule has 0 spiro atoms. The summed E-state index contributed by atoms with van der Waals surface area (Å²) in [5.74, 6) is 2.11. The molecule has 0 bridgehead atoms. The molecule has 0 saturated carbocycles. The summed E-state index contributed by atoms with van der Waals surface area (Å²) in [6.45, 7) is 11.4. The molecule has 3 heteroatoms. The van der Waals surface area contributed by atoms with E-state index in [0.29, 0.717) is 11.8 Å². The van der Waals surface area contributed by atoms with E-state index in [1.54, 1.807) is 0 Å². The summed E-state index contributed by atoms with van der Waals surface area (Å²) in [6.07, 6.45) is 2.22. The van der Waals surface area contributed by atoms with E-state index < -0.39 is 0 Å². The Labute approximate surface area is 106 Å². The predicted octanol–water partition coefficient (Wildman–Crippen LogP) is 1.70. The van der Waals surface area contributed by atoms with Crippen LogP contribution in [0.4, 0.5) is 0 Å². The topological polar surface area (TPSA) is 49.5 Å². The first kappa shape index (κ1) is 14.9. The second-order valence-electron chi connectivity index (χ2n) is 6.28. The Morgan fingerprint density at radius 3 is 2.41 bits per heavy atom. The zero-order chi connectivity index (χ0) is 13.0. The quantitative estimate of drug-likeness (QED) is 0.771. The standard InChI is InChI=1S/C14H30N2O/c1-10(2)7-13(15)14(9-17)16-6-5-11(3)12(4)8-16/h10-14,17H,5-9,15H2,1-4H3. The molecule has 17 heavy (non-hydrogen) atoms. The lowest BCUT2D eigenvalue weighted by Crippen LogP contribution is -2.54. The first-order valence-corrected chi connectivity index (χ1v) is 7.06. The number of likely N-dealkylation sites (tertiary alicyclic amines) is 1. The average Bonchev–Trinajstić information content (AvgIpc) is 2.23. The van der Waals surface area contributed by atoms with E-state index in [1.165, 1.54) is 6.42 Å². The maximum atomic E-state index is 9.59. The molecule has 0 aromatic rings. The lowest BCUT2D eigenvalue weighted by Gasteiger charge is -2.42. The molecule has 1 fully saturated rings. The summed E-state index contributed by atoms with van der Waals surface area (Å²) >= 11 is 0. The van der Waals surface area contributed by atoms with Gasteiger partial charge in [-0.3, -0.25) is 4.90 Å². The van der Waals surface area contributed by atoms with Crippen LogP contribution in [-0.4, -0.2) is 41.8 Å². The molecule has 1 saturated heterocycles. The van der Waals surface area contributed by atoms with Gasteiger partial charge in [-0.15, -0.1) is 0 Å². The molecule has 3 N–H and O–H groups in total. The fourth-order valence-corrected chi connectivity index (χ4v) is 2.82. The van der Waals surface area contributed by atoms with E-state index in [1.807, 2.05) is 0 Å². The molecular formula is C14H30N2O. The molecule has 0 aliphatic carbocycles. The van der Waals surface area contributed by atoms with E-state index in [-0.39, 0.29) is 18.7 Å². The van der Waals surface area contributed by atoms with Gasteiger partial charge in [-0.25, -0.2) is 0 Å². The third-order valence-electron chi connectivity index (χ3n) is 4.26. The molecular weight excluding hydrogens is 212 g/mol. The average molecular weight is 242 g/mol. The van der Waals surface area contributed by atoms with Crippen LogP contribution in [0.3, 0.4) is 0 Å². The highest BCUT2D eigenvalue weighted by molar-refractivity contribution is 4.86. The third kappa shape index (κ3) is 4.23. The highest BCUT2D eigenvalue weighted by Crippen LogP contribution is 2.25. The molecule has 0 aromatic heterocycles. The Morgan fingerprint density at radius 2 is 1.94 bits per heavy atom. The summed E-state index contributed by atoms with van der Waals surface area (Å²) in [7, 11) is 0. The summed E-state index contributed by atoms with van der Waals surface area (Å²) in [4.78, 5) is 2.40. The molecule has 4 unspecified atom stereocenters. The largest absolute Gasteiger partial charge is 0.395 e. The van der Waals surface area contributed by atoms with Crippen LogP contribution in [0, 0.1) is 17.8 Å². The van der Waals surface area contributed by atoms with Gasteiger partial charge in [0.25, 0.3) is 0 Å². The number of nitrogens with two attached hydrogens (primary N) is 1. The molecule has 102 valence electrons. The Balaban J connectivity index is 2.55. The second kappa shape index (κ2) is 6.72. The van der Waals surface area contributed by atoms with Crippen molar-refractivity contribution < 1.29 is 5.11 Å². The highest BCUT2D eigenvalue weighted by atomic mass is 16.3. The van der Waals surface area contributed by atoms with Gasteiger partial charge in [-0.05, 0) is 37.1 Å². The monoisotopic (exact) mass is 242 g/mol. The van der Waals surface area contributed by atoms with Gasteiger partial charge in [0.2, 0.25) is 0 Å². The minimum Gasteiger partial charge on any atom is -0.395 e. The Kier molecular flexibility index (Phi) is 5.90. The fourth-order valence-electron chi connectivity index (χ4n) is 2.82. The molecule has 1 rings (SSSR count). The van der Waals surface area contributed by atoms with E-state index in [4.69, 9.17) is 5.73 Å². The van der Waals surface area contributed by atoms with Crippen molar-refractivity contribution in [1.29, 1.82) is 0 Å². The summed E-state index contributed by atoms with van der Waals surface area (Å²) in [5, 5.41) is 9.59. The van der Waals surface area contributed by atoms with Gasteiger partial charge in [0.05, 0.1) is 6.61 Å². The van der Waals surface area contributed by atoms with Crippen molar-refractivity contribution in [2.24, 2.45) is 23.5 Å². The number of nitrogens with zero attached hydrogens (tertiary/aromatic N) is 1. The van der Waals surface area contributed by atoms with Crippen LogP contribution < -0.4 is 5.73 Å². The van der Waals surface area contributed by atoms with E-state index >= 15 is 0 Å². The number of rotatable bonds is 5. The molecule has 0 radical (unpaired) electrons. The van der Waals surface area contributed by atoms with Crippen LogP contribution in [0.5, 0.6) is 0 Å². The van der Waals surface area contributed by atoms with E-state index in [0.717, 1.165) is 25.4 Å². The maximum Gasteiger partial charge on any atom is 0.0601 e. The smallest absolute Gasteiger partial charge is 0.0601 e. The minimum absolute atomic E-state index is 0.0978. The van der Waals surface area contributed by atoms with Gasteiger partial charge in [0.1, 0.15) is 0 Å². The first-order chi connectivity index (χ1) is 7.95. The van der Waals surface area contributed by atoms with Gasteiger partial charge in [0, 0.05) is 18.6 Å². The number of aliphatic hydroxyl groups is 1. The van der Waals surface area contributed by atoms with Crippen molar-refractivity contribution in [3.8, 4) is 0 Å². The maximum absolute atomic E-state index is 9.59. The molecule has 3 nitrogen and oxygen atoms in total. The van der Waals surface area contributed by atoms with Gasteiger partial charge < -0.3 is 10.8 Å². The van der Waals surface area contributed by atoms with Crippen molar-refractivity contribution in [3.63, 3.8) is 0 Å².